The highest BCUT2D eigenvalue weighted by Crippen LogP contribution is 2.38. The van der Waals surface area contributed by atoms with Crippen molar-refractivity contribution in [3.8, 4) is 5.75 Å². The molecule has 2 fully saturated rings. The third-order valence-corrected chi connectivity index (χ3v) is 5.41. The molecule has 29 heavy (non-hydrogen) atoms. The summed E-state index contributed by atoms with van der Waals surface area (Å²) in [5.74, 6) is -2.07. The molecule has 1 aromatic carbocycles. The molecule has 156 valence electrons. The van der Waals surface area contributed by atoms with Gasteiger partial charge in [0, 0.05) is 0 Å². The van der Waals surface area contributed by atoms with Gasteiger partial charge in [0.25, 0.3) is 5.91 Å². The van der Waals surface area contributed by atoms with Crippen molar-refractivity contribution in [1.82, 2.24) is 4.90 Å². The molecule has 3 atom stereocenters. The summed E-state index contributed by atoms with van der Waals surface area (Å²) < 4.78 is 10.5. The van der Waals surface area contributed by atoms with Gasteiger partial charge in [0.05, 0.1) is 24.1 Å². The van der Waals surface area contributed by atoms with Crippen LogP contribution in [0.3, 0.4) is 0 Å². The maximum absolute atomic E-state index is 12.6. The van der Waals surface area contributed by atoms with E-state index in [2.05, 4.69) is 5.32 Å². The van der Waals surface area contributed by atoms with E-state index in [1.54, 1.807) is 24.3 Å². The van der Waals surface area contributed by atoms with Crippen LogP contribution < -0.4 is 10.1 Å². The van der Waals surface area contributed by atoms with Crippen LogP contribution in [0.2, 0.25) is 0 Å². The van der Waals surface area contributed by atoms with Gasteiger partial charge in [0.15, 0.2) is 6.61 Å². The molecule has 1 aromatic rings. The van der Waals surface area contributed by atoms with Crippen molar-refractivity contribution in [3.05, 3.63) is 24.3 Å². The van der Waals surface area contributed by atoms with E-state index in [4.69, 9.17) is 9.47 Å². The zero-order valence-corrected chi connectivity index (χ0v) is 16.7. The lowest BCUT2D eigenvalue weighted by molar-refractivity contribution is -0.159. The number of nitrogens with one attached hydrogen (secondary N) is 1. The second-order valence-electron chi connectivity index (χ2n) is 7.30. The maximum Gasteiger partial charge on any atom is 0.329 e. The Kier molecular flexibility index (Phi) is 6.51. The second-order valence-corrected chi connectivity index (χ2v) is 7.30. The summed E-state index contributed by atoms with van der Waals surface area (Å²) >= 11 is 0. The Balaban J connectivity index is 1.56. The van der Waals surface area contributed by atoms with E-state index in [-0.39, 0.29) is 23.7 Å². The summed E-state index contributed by atoms with van der Waals surface area (Å²) in [6.07, 6.45) is 3.18. The number of likely N-dealkylation sites (tertiary alicyclic amines) is 1. The van der Waals surface area contributed by atoms with Gasteiger partial charge in [-0.1, -0.05) is 25.0 Å². The summed E-state index contributed by atoms with van der Waals surface area (Å²) in [6.45, 7) is 3.21. The number of anilines is 1. The molecule has 3 rings (SSSR count). The minimum Gasteiger partial charge on any atom is -0.492 e. The lowest BCUT2D eigenvalue weighted by atomic mass is 9.81. The van der Waals surface area contributed by atoms with Gasteiger partial charge in [0.2, 0.25) is 11.8 Å². The van der Waals surface area contributed by atoms with Gasteiger partial charge in [-0.15, -0.1) is 0 Å². The Hall–Kier alpha value is -2.90. The molecule has 2 aliphatic rings. The van der Waals surface area contributed by atoms with Gasteiger partial charge < -0.3 is 14.8 Å². The van der Waals surface area contributed by atoms with E-state index in [1.807, 2.05) is 6.92 Å². The van der Waals surface area contributed by atoms with Gasteiger partial charge in [-0.05, 0) is 38.8 Å². The molecule has 0 bridgehead atoms. The average Bonchev–Trinajstić information content (AvgIpc) is 2.98. The third-order valence-electron chi connectivity index (χ3n) is 5.41. The Bertz CT molecular complexity index is 784. The molecule has 1 N–H and O–H groups in total. The molecule has 0 radical (unpaired) electrons. The average molecular weight is 402 g/mol. The number of benzene rings is 1. The SMILES string of the molecule is CCOc1ccccc1NC(=O)COC(=O)[C@H](C)N1C(=O)[C@H]2CCCC[C@@H]2C1=O. The second kappa shape index (κ2) is 9.07. The monoisotopic (exact) mass is 402 g/mol. The predicted octanol–water partition coefficient (Wildman–Crippen LogP) is 2.13. The number of carbonyl (C=O) groups excluding carboxylic acids is 4. The van der Waals surface area contributed by atoms with Gasteiger partial charge in [-0.25, -0.2) is 4.79 Å². The van der Waals surface area contributed by atoms with E-state index in [0.29, 0.717) is 30.9 Å². The lowest BCUT2D eigenvalue weighted by Gasteiger charge is -2.21. The Labute approximate surface area is 169 Å². The number of ether oxygens (including phenoxy) is 2. The van der Waals surface area contributed by atoms with Crippen molar-refractivity contribution in [2.75, 3.05) is 18.5 Å². The molecular formula is C21H26N2O6. The molecule has 3 amide bonds. The molecule has 0 spiro atoms. The van der Waals surface area contributed by atoms with Crippen LogP contribution >= 0.6 is 0 Å². The molecule has 1 saturated carbocycles. The zero-order valence-electron chi connectivity index (χ0n) is 16.7. The fourth-order valence-electron chi connectivity index (χ4n) is 3.97. The minimum absolute atomic E-state index is 0.306. The molecule has 1 aliphatic carbocycles. The number of imide groups is 1. The number of fused-ring (bicyclic) bond motifs is 1. The van der Waals surface area contributed by atoms with Gasteiger partial charge in [-0.3, -0.25) is 19.3 Å². The van der Waals surface area contributed by atoms with Crippen molar-refractivity contribution in [2.24, 2.45) is 11.8 Å². The maximum atomic E-state index is 12.6. The Morgan fingerprint density at radius 3 is 2.38 bits per heavy atom. The van der Waals surface area contributed by atoms with E-state index >= 15 is 0 Å². The largest absolute Gasteiger partial charge is 0.492 e. The number of hydrogen-bond donors (Lipinski definition) is 1. The highest BCUT2D eigenvalue weighted by Gasteiger charge is 2.51. The quantitative estimate of drug-likeness (QED) is 0.554. The van der Waals surface area contributed by atoms with Crippen molar-refractivity contribution < 1.29 is 28.7 Å². The summed E-state index contributed by atoms with van der Waals surface area (Å²) in [6, 6.07) is 5.87. The van der Waals surface area contributed by atoms with Crippen molar-refractivity contribution in [3.63, 3.8) is 0 Å². The molecular weight excluding hydrogens is 376 g/mol. The first kappa shape index (κ1) is 20.8. The fourth-order valence-corrected chi connectivity index (χ4v) is 3.97. The predicted molar refractivity (Wildman–Crippen MR) is 104 cm³/mol. The number of para-hydroxylation sites is 2. The normalized spacial score (nSPS) is 22.1. The van der Waals surface area contributed by atoms with Crippen molar-refractivity contribution in [2.45, 2.75) is 45.6 Å². The molecule has 8 heteroatoms. The van der Waals surface area contributed by atoms with Gasteiger partial charge >= 0.3 is 5.97 Å². The fraction of sp³-hybridized carbons (Fsp3) is 0.524. The zero-order chi connectivity index (χ0) is 21.0. The van der Waals surface area contributed by atoms with Crippen LogP contribution in [0, 0.1) is 11.8 Å². The van der Waals surface area contributed by atoms with E-state index in [1.165, 1.54) is 6.92 Å². The van der Waals surface area contributed by atoms with Crippen LogP contribution in [0.15, 0.2) is 24.3 Å². The number of amides is 3. The van der Waals surface area contributed by atoms with Crippen LogP contribution in [0.4, 0.5) is 5.69 Å². The highest BCUT2D eigenvalue weighted by atomic mass is 16.5. The first-order chi connectivity index (χ1) is 13.9. The number of esters is 1. The summed E-state index contributed by atoms with van der Waals surface area (Å²) in [7, 11) is 0. The van der Waals surface area contributed by atoms with Crippen LogP contribution in [0.25, 0.3) is 0 Å². The van der Waals surface area contributed by atoms with E-state index in [9.17, 15) is 19.2 Å². The van der Waals surface area contributed by atoms with Gasteiger partial charge in [-0.2, -0.15) is 0 Å². The third kappa shape index (κ3) is 4.41. The summed E-state index contributed by atoms with van der Waals surface area (Å²) in [5, 5.41) is 2.63. The van der Waals surface area contributed by atoms with Crippen LogP contribution in [-0.4, -0.2) is 47.8 Å². The lowest BCUT2D eigenvalue weighted by Crippen LogP contribution is -2.45. The smallest absolute Gasteiger partial charge is 0.329 e. The molecule has 1 aliphatic heterocycles. The molecule has 8 nitrogen and oxygen atoms in total. The topological polar surface area (TPSA) is 102 Å². The van der Waals surface area contributed by atoms with E-state index < -0.39 is 24.5 Å². The van der Waals surface area contributed by atoms with Crippen LogP contribution in [-0.2, 0) is 23.9 Å². The first-order valence-electron chi connectivity index (χ1n) is 9.99. The minimum atomic E-state index is -1.05. The van der Waals surface area contributed by atoms with E-state index in [0.717, 1.165) is 17.7 Å². The van der Waals surface area contributed by atoms with Gasteiger partial charge in [0.1, 0.15) is 11.8 Å². The number of hydrogen-bond acceptors (Lipinski definition) is 6. The Morgan fingerprint density at radius 1 is 1.14 bits per heavy atom. The summed E-state index contributed by atoms with van der Waals surface area (Å²) in [4.78, 5) is 50.7. The molecule has 1 saturated heterocycles. The van der Waals surface area contributed by atoms with Crippen LogP contribution in [0.5, 0.6) is 5.75 Å². The van der Waals surface area contributed by atoms with Crippen molar-refractivity contribution >= 4 is 29.4 Å². The molecule has 0 aromatic heterocycles. The Morgan fingerprint density at radius 2 is 1.76 bits per heavy atom. The number of rotatable bonds is 7. The first-order valence-corrected chi connectivity index (χ1v) is 9.99. The summed E-state index contributed by atoms with van der Waals surface area (Å²) in [5.41, 5.74) is 0.470. The molecule has 1 heterocycles. The highest BCUT2D eigenvalue weighted by molar-refractivity contribution is 6.08. The standard InChI is InChI=1S/C21H26N2O6/c1-3-28-17-11-7-6-10-16(17)22-18(24)12-29-21(27)13(2)23-19(25)14-8-4-5-9-15(14)20(23)26/h6-7,10-11,13-15H,3-5,8-9,12H2,1-2H3,(H,22,24)/t13-,14-,15-/m0/s1. The van der Waals surface area contributed by atoms with Crippen molar-refractivity contribution in [1.29, 1.82) is 0 Å². The number of nitrogens with zero attached hydrogens (tertiary/aromatic N) is 1. The number of carbonyl (C=O) groups is 4. The van der Waals surface area contributed by atoms with Crippen LogP contribution in [0.1, 0.15) is 39.5 Å². The molecule has 0 unspecified atom stereocenters.